The smallest absolute Gasteiger partial charge is 0.0249 e. The molecule has 0 heterocycles. The Labute approximate surface area is 242 Å². The van der Waals surface area contributed by atoms with Crippen molar-refractivity contribution < 1.29 is 0 Å². The van der Waals surface area contributed by atoms with Crippen molar-refractivity contribution in [2.24, 2.45) is 0 Å². The van der Waals surface area contributed by atoms with Crippen molar-refractivity contribution >= 4 is 24.3 Å². The predicted molar refractivity (Wildman–Crippen MR) is 176 cm³/mol. The Hall–Kier alpha value is -4.08. The fourth-order valence-corrected chi connectivity index (χ4v) is 4.63. The summed E-state index contributed by atoms with van der Waals surface area (Å²) in [6.07, 6.45) is 18.7. The van der Waals surface area contributed by atoms with Crippen LogP contribution in [0.1, 0.15) is 96.9 Å². The number of hydrogen-bond donors (Lipinski definition) is 0. The van der Waals surface area contributed by atoms with Gasteiger partial charge in [-0.2, -0.15) is 0 Å². The van der Waals surface area contributed by atoms with E-state index in [4.69, 9.17) is 0 Å². The molecule has 202 valence electrons. The van der Waals surface area contributed by atoms with E-state index in [2.05, 4.69) is 147 Å². The minimum Gasteiger partial charge on any atom is -0.0654 e. The van der Waals surface area contributed by atoms with Crippen LogP contribution < -0.4 is 0 Å². The highest BCUT2D eigenvalue weighted by Crippen LogP contribution is 2.15. The molecule has 0 bridgehead atoms. The Balaban J connectivity index is 1.27. The van der Waals surface area contributed by atoms with Crippen LogP contribution >= 0.6 is 0 Å². The fraction of sp³-hybridized carbons (Fsp3) is 0.250. The minimum atomic E-state index is 1.02. The molecule has 0 nitrogen and oxygen atoms in total. The molecule has 0 atom stereocenters. The molecule has 0 aliphatic carbocycles. The van der Waals surface area contributed by atoms with Gasteiger partial charge >= 0.3 is 0 Å². The van der Waals surface area contributed by atoms with E-state index in [0.29, 0.717) is 0 Å². The zero-order valence-corrected chi connectivity index (χ0v) is 24.2. The average Bonchev–Trinajstić information content (AvgIpc) is 3.00. The third kappa shape index (κ3) is 9.91. The zero-order valence-electron chi connectivity index (χ0n) is 24.2. The summed E-state index contributed by atoms with van der Waals surface area (Å²) < 4.78 is 0. The first-order valence-corrected chi connectivity index (χ1v) is 15.0. The molecule has 0 radical (unpaired) electrons. The topological polar surface area (TPSA) is 0 Å². The Kier molecular flexibility index (Phi) is 11.7. The molecule has 0 saturated carbocycles. The number of rotatable bonds is 12. The lowest BCUT2D eigenvalue weighted by molar-refractivity contribution is 0.717. The molecule has 0 N–H and O–H groups in total. The summed E-state index contributed by atoms with van der Waals surface area (Å²) in [4.78, 5) is 0. The lowest BCUT2D eigenvalue weighted by atomic mass is 10.0. The summed E-state index contributed by atoms with van der Waals surface area (Å²) in [7, 11) is 0. The van der Waals surface area contributed by atoms with Gasteiger partial charge in [0.1, 0.15) is 0 Å². The van der Waals surface area contributed by atoms with Crippen molar-refractivity contribution in [1.29, 1.82) is 0 Å². The van der Waals surface area contributed by atoms with Crippen LogP contribution in [0, 0.1) is 11.8 Å². The molecule has 4 rings (SSSR count). The number of aryl methyl sites for hydroxylation is 2. The van der Waals surface area contributed by atoms with Crippen LogP contribution in [0.5, 0.6) is 0 Å². The number of hydrogen-bond acceptors (Lipinski definition) is 0. The van der Waals surface area contributed by atoms with Gasteiger partial charge in [0.05, 0.1) is 0 Å². The molecule has 4 aromatic carbocycles. The van der Waals surface area contributed by atoms with Gasteiger partial charge in [0, 0.05) is 11.1 Å². The Morgan fingerprint density at radius 3 is 1.00 bits per heavy atom. The summed E-state index contributed by atoms with van der Waals surface area (Å²) in [5.41, 5.74) is 9.73. The van der Waals surface area contributed by atoms with Gasteiger partial charge in [-0.15, -0.1) is 0 Å². The summed E-state index contributed by atoms with van der Waals surface area (Å²) in [5.74, 6) is 6.60. The first-order chi connectivity index (χ1) is 19.7. The van der Waals surface area contributed by atoms with Gasteiger partial charge in [-0.25, -0.2) is 0 Å². The van der Waals surface area contributed by atoms with Crippen LogP contribution in [0.25, 0.3) is 24.3 Å². The van der Waals surface area contributed by atoms with Crippen LogP contribution in [-0.4, -0.2) is 0 Å². The van der Waals surface area contributed by atoms with E-state index >= 15 is 0 Å². The molecule has 40 heavy (non-hydrogen) atoms. The van der Waals surface area contributed by atoms with Crippen molar-refractivity contribution in [2.45, 2.75) is 65.2 Å². The van der Waals surface area contributed by atoms with Gasteiger partial charge in [-0.05, 0) is 83.3 Å². The van der Waals surface area contributed by atoms with Gasteiger partial charge in [0.2, 0.25) is 0 Å². The van der Waals surface area contributed by atoms with Crippen molar-refractivity contribution in [1.82, 2.24) is 0 Å². The minimum absolute atomic E-state index is 1.02. The van der Waals surface area contributed by atoms with Crippen molar-refractivity contribution in [3.05, 3.63) is 142 Å². The van der Waals surface area contributed by atoms with Crippen LogP contribution in [0.3, 0.4) is 0 Å². The fourth-order valence-electron chi connectivity index (χ4n) is 4.63. The quantitative estimate of drug-likeness (QED) is 0.0986. The summed E-state index contributed by atoms with van der Waals surface area (Å²) >= 11 is 0. The van der Waals surface area contributed by atoms with Crippen LogP contribution in [-0.2, 0) is 12.8 Å². The van der Waals surface area contributed by atoms with Gasteiger partial charge in [-0.3, -0.25) is 0 Å². The first kappa shape index (κ1) is 28.9. The molecular formula is C40H42. The number of benzene rings is 4. The molecular weight excluding hydrogens is 480 g/mol. The van der Waals surface area contributed by atoms with Gasteiger partial charge in [-0.1, -0.05) is 148 Å². The normalized spacial score (nSPS) is 11.2. The lowest BCUT2D eigenvalue weighted by Gasteiger charge is -2.01. The Bertz CT molecular complexity index is 1290. The zero-order chi connectivity index (χ0) is 27.8. The monoisotopic (exact) mass is 522 g/mol. The molecule has 0 amide bonds. The third-order valence-corrected chi connectivity index (χ3v) is 7.21. The Morgan fingerprint density at radius 1 is 0.400 bits per heavy atom. The summed E-state index contributed by atoms with van der Waals surface area (Å²) in [6, 6.07) is 34.8. The van der Waals surface area contributed by atoms with E-state index in [-0.39, 0.29) is 0 Å². The summed E-state index contributed by atoms with van der Waals surface area (Å²) in [5, 5.41) is 0. The van der Waals surface area contributed by atoms with Crippen molar-refractivity contribution in [2.75, 3.05) is 0 Å². The molecule has 0 unspecified atom stereocenters. The summed E-state index contributed by atoms with van der Waals surface area (Å²) in [6.45, 7) is 4.50. The van der Waals surface area contributed by atoms with Crippen molar-refractivity contribution in [3.63, 3.8) is 0 Å². The van der Waals surface area contributed by atoms with Gasteiger partial charge in [0.25, 0.3) is 0 Å². The molecule has 0 aromatic heterocycles. The second-order valence-electron chi connectivity index (χ2n) is 10.6. The van der Waals surface area contributed by atoms with E-state index in [0.717, 1.165) is 11.1 Å². The van der Waals surface area contributed by atoms with Crippen molar-refractivity contribution in [3.8, 4) is 11.8 Å². The SMILES string of the molecule is CCCCCc1ccc(C=Cc2ccc(C#Cc3ccc(C=Cc4ccc(CCCCC)cc4)cc3)cc2)cc1. The molecule has 0 fully saturated rings. The molecule has 4 aromatic rings. The standard InChI is InChI=1S/C40H42/c1-3-5-7-9-33-11-15-35(16-12-33)19-21-37-23-27-39(28-24-37)31-32-40-29-25-38(26-30-40)22-20-36-17-13-34(14-18-36)10-8-6-4-2/h11-30H,3-10H2,1-2H3. The molecule has 0 aliphatic heterocycles. The van der Waals surface area contributed by atoms with E-state index in [1.807, 2.05) is 0 Å². The van der Waals surface area contributed by atoms with Gasteiger partial charge < -0.3 is 0 Å². The van der Waals surface area contributed by atoms with E-state index in [1.165, 1.54) is 84.7 Å². The van der Waals surface area contributed by atoms with Gasteiger partial charge in [0.15, 0.2) is 0 Å². The maximum Gasteiger partial charge on any atom is 0.0249 e. The predicted octanol–water partition coefficient (Wildman–Crippen LogP) is 10.9. The largest absolute Gasteiger partial charge is 0.0654 e. The highest BCUT2D eigenvalue weighted by molar-refractivity contribution is 5.71. The van der Waals surface area contributed by atoms with Crippen LogP contribution in [0.2, 0.25) is 0 Å². The van der Waals surface area contributed by atoms with Crippen LogP contribution in [0.15, 0.2) is 97.1 Å². The molecule has 0 spiro atoms. The maximum atomic E-state index is 3.30. The molecule has 0 heteroatoms. The molecule has 0 saturated heterocycles. The first-order valence-electron chi connectivity index (χ1n) is 15.0. The van der Waals surface area contributed by atoms with E-state index in [1.54, 1.807) is 0 Å². The Morgan fingerprint density at radius 2 is 0.700 bits per heavy atom. The second-order valence-corrected chi connectivity index (χ2v) is 10.6. The van der Waals surface area contributed by atoms with E-state index < -0.39 is 0 Å². The lowest BCUT2D eigenvalue weighted by Crippen LogP contribution is -1.85. The van der Waals surface area contributed by atoms with Crippen LogP contribution in [0.4, 0.5) is 0 Å². The van der Waals surface area contributed by atoms with E-state index in [9.17, 15) is 0 Å². The highest BCUT2D eigenvalue weighted by Gasteiger charge is 1.96. The highest BCUT2D eigenvalue weighted by atomic mass is 14.0. The second kappa shape index (κ2) is 16.1. The maximum absolute atomic E-state index is 3.30. The number of unbranched alkanes of at least 4 members (excludes halogenated alkanes) is 4. The molecule has 0 aliphatic rings. The average molecular weight is 523 g/mol. The third-order valence-electron chi connectivity index (χ3n) is 7.21.